The lowest BCUT2D eigenvalue weighted by molar-refractivity contribution is 0.941. The van der Waals surface area contributed by atoms with Crippen molar-refractivity contribution in [3.05, 3.63) is 22.3 Å². The molecule has 56 valence electrons. The van der Waals surface area contributed by atoms with Gasteiger partial charge in [0, 0.05) is 23.0 Å². The first-order valence-corrected chi connectivity index (χ1v) is 4.27. The van der Waals surface area contributed by atoms with Gasteiger partial charge in [0.25, 0.3) is 0 Å². The number of aromatic nitrogens is 3. The Bertz CT molecular complexity index is 357. The first-order valence-electron chi connectivity index (χ1n) is 3.19. The summed E-state index contributed by atoms with van der Waals surface area (Å²) in [5.74, 6) is 0. The monoisotopic (exact) mass is 259 g/mol. The Kier molecular flexibility index (Phi) is 1.56. The number of hydrogen-bond acceptors (Lipinski definition) is 2. The SMILES string of the molecule is Cn1cc(I)c2cncnc21. The molecule has 4 heteroatoms. The van der Waals surface area contributed by atoms with Gasteiger partial charge in [-0.05, 0) is 22.6 Å². The van der Waals surface area contributed by atoms with Crippen LogP contribution in [0.25, 0.3) is 11.0 Å². The largest absolute Gasteiger partial charge is 0.334 e. The predicted octanol–water partition coefficient (Wildman–Crippen LogP) is 1.57. The second-order valence-electron chi connectivity index (χ2n) is 2.35. The molecule has 0 aromatic carbocycles. The zero-order valence-corrected chi connectivity index (χ0v) is 8.11. The molecule has 0 aliphatic carbocycles. The molecule has 0 amide bonds. The van der Waals surface area contributed by atoms with Gasteiger partial charge in [-0.15, -0.1) is 0 Å². The third-order valence-electron chi connectivity index (χ3n) is 1.59. The van der Waals surface area contributed by atoms with Gasteiger partial charge < -0.3 is 4.57 Å². The number of nitrogens with zero attached hydrogens (tertiary/aromatic N) is 3. The highest BCUT2D eigenvalue weighted by molar-refractivity contribution is 14.1. The van der Waals surface area contributed by atoms with Crippen molar-refractivity contribution in [3.8, 4) is 0 Å². The topological polar surface area (TPSA) is 30.7 Å². The molecule has 0 saturated carbocycles. The number of halogens is 1. The first kappa shape index (κ1) is 7.02. The van der Waals surface area contributed by atoms with Gasteiger partial charge >= 0.3 is 0 Å². The second kappa shape index (κ2) is 2.44. The molecule has 0 unspecified atom stereocenters. The van der Waals surface area contributed by atoms with Gasteiger partial charge in [-0.3, -0.25) is 0 Å². The summed E-state index contributed by atoms with van der Waals surface area (Å²) < 4.78 is 3.19. The Morgan fingerprint density at radius 3 is 3.09 bits per heavy atom. The van der Waals surface area contributed by atoms with Gasteiger partial charge in [0.2, 0.25) is 0 Å². The minimum absolute atomic E-state index is 0.990. The highest BCUT2D eigenvalue weighted by Crippen LogP contribution is 2.18. The zero-order valence-electron chi connectivity index (χ0n) is 5.95. The van der Waals surface area contributed by atoms with Crippen molar-refractivity contribution in [1.29, 1.82) is 0 Å². The molecule has 0 bridgehead atoms. The summed E-state index contributed by atoms with van der Waals surface area (Å²) in [6, 6.07) is 0. The molecule has 0 aliphatic rings. The van der Waals surface area contributed by atoms with Crippen molar-refractivity contribution in [2.24, 2.45) is 7.05 Å². The maximum absolute atomic E-state index is 4.15. The van der Waals surface area contributed by atoms with Crippen LogP contribution >= 0.6 is 22.6 Å². The molecule has 2 aromatic heterocycles. The fraction of sp³-hybridized carbons (Fsp3) is 0.143. The maximum Gasteiger partial charge on any atom is 0.144 e. The fourth-order valence-corrected chi connectivity index (χ4v) is 1.87. The molecule has 0 N–H and O–H groups in total. The Balaban J connectivity index is 2.95. The standard InChI is InChI=1S/C7H6IN3/c1-11-3-6(8)5-2-9-4-10-7(5)11/h2-4H,1H3. The van der Waals surface area contributed by atoms with Gasteiger partial charge in [0.1, 0.15) is 12.0 Å². The van der Waals surface area contributed by atoms with Crippen LogP contribution in [0.1, 0.15) is 0 Å². The van der Waals surface area contributed by atoms with Crippen LogP contribution in [0.15, 0.2) is 18.7 Å². The van der Waals surface area contributed by atoms with E-state index in [-0.39, 0.29) is 0 Å². The minimum Gasteiger partial charge on any atom is -0.334 e. The molecule has 0 saturated heterocycles. The normalized spacial score (nSPS) is 10.7. The van der Waals surface area contributed by atoms with Crippen molar-refractivity contribution < 1.29 is 0 Å². The van der Waals surface area contributed by atoms with Gasteiger partial charge in [0.05, 0.1) is 5.39 Å². The van der Waals surface area contributed by atoms with Gasteiger partial charge in [-0.25, -0.2) is 9.97 Å². The molecule has 11 heavy (non-hydrogen) atoms. The van der Waals surface area contributed by atoms with Crippen LogP contribution in [0.3, 0.4) is 0 Å². The van der Waals surface area contributed by atoms with Crippen LogP contribution in [-0.4, -0.2) is 14.5 Å². The van der Waals surface area contributed by atoms with Crippen LogP contribution in [-0.2, 0) is 7.05 Å². The number of hydrogen-bond donors (Lipinski definition) is 0. The number of fused-ring (bicyclic) bond motifs is 1. The van der Waals surface area contributed by atoms with Crippen molar-refractivity contribution >= 4 is 33.6 Å². The van der Waals surface area contributed by atoms with E-state index in [4.69, 9.17) is 0 Å². The first-order chi connectivity index (χ1) is 5.29. The van der Waals surface area contributed by atoms with Crippen LogP contribution in [0.5, 0.6) is 0 Å². The lowest BCUT2D eigenvalue weighted by Crippen LogP contribution is -1.86. The van der Waals surface area contributed by atoms with Crippen LogP contribution < -0.4 is 0 Å². The molecular formula is C7H6IN3. The summed E-state index contributed by atoms with van der Waals surface area (Å²) in [7, 11) is 1.98. The summed E-state index contributed by atoms with van der Waals surface area (Å²) in [6.07, 6.45) is 5.45. The number of rotatable bonds is 0. The van der Waals surface area contributed by atoms with E-state index >= 15 is 0 Å². The molecular weight excluding hydrogens is 253 g/mol. The Morgan fingerprint density at radius 2 is 2.36 bits per heavy atom. The quantitative estimate of drug-likeness (QED) is 0.672. The van der Waals surface area contributed by atoms with Gasteiger partial charge in [0.15, 0.2) is 0 Å². The molecule has 0 atom stereocenters. The molecule has 0 radical (unpaired) electrons. The molecule has 2 aromatic rings. The van der Waals surface area contributed by atoms with E-state index in [9.17, 15) is 0 Å². The van der Waals surface area contributed by atoms with E-state index < -0.39 is 0 Å². The molecule has 3 nitrogen and oxygen atoms in total. The molecule has 2 rings (SSSR count). The summed E-state index contributed by atoms with van der Waals surface area (Å²) in [5.41, 5.74) is 0.990. The molecule has 0 aliphatic heterocycles. The predicted molar refractivity (Wildman–Crippen MR) is 51.2 cm³/mol. The highest BCUT2D eigenvalue weighted by atomic mass is 127. The lowest BCUT2D eigenvalue weighted by Gasteiger charge is -1.90. The molecule has 2 heterocycles. The third-order valence-corrected chi connectivity index (χ3v) is 2.45. The van der Waals surface area contributed by atoms with Crippen LogP contribution in [0.2, 0.25) is 0 Å². The average Bonchev–Trinajstić information content (AvgIpc) is 2.30. The second-order valence-corrected chi connectivity index (χ2v) is 3.51. The fourth-order valence-electron chi connectivity index (χ4n) is 1.07. The van der Waals surface area contributed by atoms with Crippen molar-refractivity contribution in [2.45, 2.75) is 0 Å². The summed E-state index contributed by atoms with van der Waals surface area (Å²) in [4.78, 5) is 8.11. The third kappa shape index (κ3) is 1.01. The summed E-state index contributed by atoms with van der Waals surface area (Å²) in [5, 5.41) is 1.12. The van der Waals surface area contributed by atoms with E-state index in [1.165, 1.54) is 3.57 Å². The zero-order chi connectivity index (χ0) is 7.84. The van der Waals surface area contributed by atoms with E-state index in [0.29, 0.717) is 0 Å². The summed E-state index contributed by atoms with van der Waals surface area (Å²) >= 11 is 2.28. The minimum atomic E-state index is 0.990. The lowest BCUT2D eigenvalue weighted by atomic mass is 10.4. The van der Waals surface area contributed by atoms with Gasteiger partial charge in [-0.1, -0.05) is 0 Å². The van der Waals surface area contributed by atoms with E-state index in [1.54, 1.807) is 6.33 Å². The van der Waals surface area contributed by atoms with E-state index in [0.717, 1.165) is 11.0 Å². The van der Waals surface area contributed by atoms with Gasteiger partial charge in [-0.2, -0.15) is 0 Å². The van der Waals surface area contributed by atoms with Crippen LogP contribution in [0.4, 0.5) is 0 Å². The smallest absolute Gasteiger partial charge is 0.144 e. The van der Waals surface area contributed by atoms with Crippen molar-refractivity contribution in [2.75, 3.05) is 0 Å². The van der Waals surface area contributed by atoms with Crippen LogP contribution in [0, 0.1) is 3.57 Å². The Labute approximate surface area is 77.6 Å². The summed E-state index contributed by atoms with van der Waals surface area (Å²) in [6.45, 7) is 0. The maximum atomic E-state index is 4.15. The van der Waals surface area contributed by atoms with E-state index in [2.05, 4.69) is 32.6 Å². The van der Waals surface area contributed by atoms with Crippen molar-refractivity contribution in [1.82, 2.24) is 14.5 Å². The van der Waals surface area contributed by atoms with Crippen molar-refractivity contribution in [3.63, 3.8) is 0 Å². The Hall–Kier alpha value is -0.650. The number of aryl methyl sites for hydroxylation is 1. The molecule has 0 spiro atoms. The average molecular weight is 259 g/mol. The molecule has 0 fully saturated rings. The van der Waals surface area contributed by atoms with E-state index in [1.807, 2.05) is 24.0 Å². The Morgan fingerprint density at radius 1 is 1.55 bits per heavy atom. The highest BCUT2D eigenvalue weighted by Gasteiger charge is 2.02.